The fraction of sp³-hybridized carbons (Fsp3) is 0.500. The highest BCUT2D eigenvalue weighted by Crippen LogP contribution is 2.28. The second-order valence-electron chi connectivity index (χ2n) is 3.89. The maximum atomic E-state index is 11.7. The molecule has 2 rings (SSSR count). The molecule has 0 bridgehead atoms. The Morgan fingerprint density at radius 3 is 2.76 bits per heavy atom. The molecule has 1 aliphatic heterocycles. The van der Waals surface area contributed by atoms with Gasteiger partial charge in [0.05, 0.1) is 4.88 Å². The molecule has 3 N–H and O–H groups in total. The highest BCUT2D eigenvalue weighted by molar-refractivity contribution is 9.10. The molecule has 0 aromatic carbocycles. The van der Waals surface area contributed by atoms with E-state index in [0.29, 0.717) is 18.0 Å². The van der Waals surface area contributed by atoms with Gasteiger partial charge in [0.15, 0.2) is 0 Å². The van der Waals surface area contributed by atoms with E-state index in [0.717, 1.165) is 17.3 Å². The quantitative estimate of drug-likeness (QED) is 0.815. The third-order valence-corrected chi connectivity index (χ3v) is 4.32. The van der Waals surface area contributed by atoms with Crippen molar-refractivity contribution in [2.75, 3.05) is 13.1 Å². The van der Waals surface area contributed by atoms with Gasteiger partial charge in [-0.3, -0.25) is 5.73 Å². The lowest BCUT2D eigenvalue weighted by Gasteiger charge is -2.24. The van der Waals surface area contributed by atoms with Gasteiger partial charge in [-0.2, -0.15) is 0 Å². The SMILES string of the molecule is NC(O)(OC(=O)N1CCCC1)c1cc(Br)cs1. The standard InChI is InChI=1S/C10H13BrN2O3S/c11-7-5-8(17-6-7)10(12,15)16-9(14)13-3-1-2-4-13/h5-6,15H,1-4,12H2. The average molecular weight is 321 g/mol. The normalized spacial score (nSPS) is 19.1. The van der Waals surface area contributed by atoms with Crippen molar-refractivity contribution in [1.82, 2.24) is 4.90 Å². The van der Waals surface area contributed by atoms with Crippen molar-refractivity contribution in [3.05, 3.63) is 20.8 Å². The van der Waals surface area contributed by atoms with E-state index in [-0.39, 0.29) is 0 Å². The van der Waals surface area contributed by atoms with Crippen LogP contribution < -0.4 is 5.73 Å². The minimum absolute atomic E-state index is 0.386. The Hall–Kier alpha value is -0.630. The highest BCUT2D eigenvalue weighted by Gasteiger charge is 2.33. The fourth-order valence-electron chi connectivity index (χ4n) is 1.65. The van der Waals surface area contributed by atoms with Gasteiger partial charge in [-0.25, -0.2) is 4.79 Å². The Labute approximate surface area is 111 Å². The van der Waals surface area contributed by atoms with Crippen LogP contribution in [-0.4, -0.2) is 29.2 Å². The van der Waals surface area contributed by atoms with E-state index >= 15 is 0 Å². The van der Waals surface area contributed by atoms with E-state index in [4.69, 9.17) is 10.5 Å². The van der Waals surface area contributed by atoms with Gasteiger partial charge in [0, 0.05) is 22.9 Å². The summed E-state index contributed by atoms with van der Waals surface area (Å²) in [4.78, 5) is 13.6. The molecule has 0 aliphatic carbocycles. The van der Waals surface area contributed by atoms with Gasteiger partial charge in [-0.1, -0.05) is 0 Å². The van der Waals surface area contributed by atoms with Crippen molar-refractivity contribution >= 4 is 33.4 Å². The molecule has 17 heavy (non-hydrogen) atoms. The van der Waals surface area contributed by atoms with E-state index < -0.39 is 12.0 Å². The Bertz CT molecular complexity index is 415. The molecule has 1 aliphatic rings. The molecule has 94 valence electrons. The molecular formula is C10H13BrN2O3S. The molecule has 2 heterocycles. The number of aliphatic hydroxyl groups is 1. The second kappa shape index (κ2) is 4.93. The lowest BCUT2D eigenvalue weighted by atomic mass is 10.4. The zero-order valence-corrected chi connectivity index (χ0v) is 11.5. The Morgan fingerprint density at radius 2 is 2.24 bits per heavy atom. The van der Waals surface area contributed by atoms with Crippen LogP contribution in [-0.2, 0) is 10.6 Å². The topological polar surface area (TPSA) is 75.8 Å². The zero-order valence-electron chi connectivity index (χ0n) is 9.06. The monoisotopic (exact) mass is 320 g/mol. The number of thiophene rings is 1. The molecule has 7 heteroatoms. The molecule has 5 nitrogen and oxygen atoms in total. The number of ether oxygens (including phenoxy) is 1. The number of hydrogen-bond acceptors (Lipinski definition) is 5. The van der Waals surface area contributed by atoms with E-state index in [1.807, 2.05) is 0 Å². The van der Waals surface area contributed by atoms with Gasteiger partial charge in [-0.15, -0.1) is 11.3 Å². The summed E-state index contributed by atoms with van der Waals surface area (Å²) in [6.07, 6.45) is 1.35. The first-order chi connectivity index (χ1) is 7.99. The molecule has 1 amide bonds. The van der Waals surface area contributed by atoms with Crippen LogP contribution in [0.3, 0.4) is 0 Å². The lowest BCUT2D eigenvalue weighted by molar-refractivity contribution is -0.168. The number of hydrogen-bond donors (Lipinski definition) is 2. The highest BCUT2D eigenvalue weighted by atomic mass is 79.9. The number of carbonyl (C=O) groups is 1. The van der Waals surface area contributed by atoms with E-state index in [2.05, 4.69) is 15.9 Å². The van der Waals surface area contributed by atoms with Crippen LogP contribution in [0, 0.1) is 0 Å². The molecule has 1 aromatic heterocycles. The first-order valence-electron chi connectivity index (χ1n) is 5.23. The van der Waals surface area contributed by atoms with Gasteiger partial charge in [0.25, 0.3) is 0 Å². The largest absolute Gasteiger partial charge is 0.413 e. The number of likely N-dealkylation sites (tertiary alicyclic amines) is 1. The summed E-state index contributed by atoms with van der Waals surface area (Å²) in [6, 6.07) is 1.63. The van der Waals surface area contributed by atoms with Crippen molar-refractivity contribution < 1.29 is 14.6 Å². The minimum Gasteiger partial charge on any atom is -0.397 e. The summed E-state index contributed by atoms with van der Waals surface area (Å²) < 4.78 is 5.72. The molecule has 1 unspecified atom stereocenters. The van der Waals surface area contributed by atoms with Gasteiger partial charge in [-0.05, 0) is 34.8 Å². The first-order valence-corrected chi connectivity index (χ1v) is 6.90. The molecular weight excluding hydrogens is 308 g/mol. The lowest BCUT2D eigenvalue weighted by Crippen LogP contribution is -2.44. The number of carbonyl (C=O) groups excluding carboxylic acids is 1. The summed E-state index contributed by atoms with van der Waals surface area (Å²) in [7, 11) is 0. The van der Waals surface area contributed by atoms with Gasteiger partial charge >= 0.3 is 12.0 Å². The number of halogens is 1. The predicted octanol–water partition coefficient (Wildman–Crippen LogP) is 1.80. The maximum Gasteiger partial charge on any atom is 0.413 e. The van der Waals surface area contributed by atoms with Crippen LogP contribution in [0.4, 0.5) is 4.79 Å². The van der Waals surface area contributed by atoms with Crippen molar-refractivity contribution in [1.29, 1.82) is 0 Å². The maximum absolute atomic E-state index is 11.7. The molecule has 1 saturated heterocycles. The van der Waals surface area contributed by atoms with E-state index in [1.165, 1.54) is 11.3 Å². The average Bonchev–Trinajstić information content (AvgIpc) is 2.86. The van der Waals surface area contributed by atoms with Gasteiger partial charge in [0.2, 0.25) is 0 Å². The number of nitrogens with zero attached hydrogens (tertiary/aromatic N) is 1. The smallest absolute Gasteiger partial charge is 0.397 e. The molecule has 1 atom stereocenters. The van der Waals surface area contributed by atoms with E-state index in [1.54, 1.807) is 16.3 Å². The van der Waals surface area contributed by atoms with Crippen LogP contribution >= 0.6 is 27.3 Å². The molecule has 1 aromatic rings. The second-order valence-corrected chi connectivity index (χ2v) is 5.71. The molecule has 0 saturated carbocycles. The zero-order chi connectivity index (χ0) is 12.5. The number of rotatable bonds is 2. The Balaban J connectivity index is 2.03. The number of nitrogens with two attached hydrogens (primary N) is 1. The van der Waals surface area contributed by atoms with Crippen LogP contribution in [0.1, 0.15) is 17.7 Å². The van der Waals surface area contributed by atoms with E-state index in [9.17, 15) is 9.90 Å². The van der Waals surface area contributed by atoms with Crippen molar-refractivity contribution in [2.45, 2.75) is 18.8 Å². The first kappa shape index (κ1) is 12.8. The fourth-order valence-corrected chi connectivity index (χ4v) is 3.02. The van der Waals surface area contributed by atoms with Gasteiger partial charge in [0.1, 0.15) is 0 Å². The third-order valence-electron chi connectivity index (χ3n) is 2.53. The Morgan fingerprint density at radius 1 is 1.59 bits per heavy atom. The third kappa shape index (κ3) is 2.98. The van der Waals surface area contributed by atoms with Crippen LogP contribution in [0.25, 0.3) is 0 Å². The summed E-state index contributed by atoms with van der Waals surface area (Å²) >= 11 is 4.47. The van der Waals surface area contributed by atoms with Crippen LogP contribution in [0.15, 0.2) is 15.9 Å². The summed E-state index contributed by atoms with van der Waals surface area (Å²) in [5.41, 5.74) is 5.60. The minimum atomic E-state index is -2.06. The number of amides is 1. The van der Waals surface area contributed by atoms with Crippen molar-refractivity contribution in [2.24, 2.45) is 5.73 Å². The summed E-state index contributed by atoms with van der Waals surface area (Å²) in [5, 5.41) is 11.7. The van der Waals surface area contributed by atoms with Crippen molar-refractivity contribution in [3.8, 4) is 0 Å². The van der Waals surface area contributed by atoms with Gasteiger partial charge < -0.3 is 14.7 Å². The predicted molar refractivity (Wildman–Crippen MR) is 67.4 cm³/mol. The van der Waals surface area contributed by atoms with Crippen molar-refractivity contribution in [3.63, 3.8) is 0 Å². The Kier molecular flexibility index (Phi) is 3.72. The molecule has 0 spiro atoms. The summed E-state index contributed by atoms with van der Waals surface area (Å²) in [5.74, 6) is -2.06. The molecule has 1 fully saturated rings. The summed E-state index contributed by atoms with van der Waals surface area (Å²) in [6.45, 7) is 1.31. The van der Waals surface area contributed by atoms with Crippen LogP contribution in [0.2, 0.25) is 0 Å². The van der Waals surface area contributed by atoms with Crippen LogP contribution in [0.5, 0.6) is 0 Å². The molecule has 0 radical (unpaired) electrons.